The third-order valence-electron chi connectivity index (χ3n) is 5.36. The Balaban J connectivity index is 2.16. The van der Waals surface area contributed by atoms with Crippen LogP contribution in [0, 0.1) is 12.3 Å². The van der Waals surface area contributed by atoms with Crippen molar-refractivity contribution in [2.45, 2.75) is 12.3 Å². The van der Waals surface area contributed by atoms with Gasteiger partial charge in [0.2, 0.25) is 0 Å². The second-order valence-electron chi connectivity index (χ2n) is 6.63. The number of phenolic OH excluding ortho intramolecular Hbond substituents is 1. The lowest BCUT2D eigenvalue weighted by atomic mass is 9.67. The zero-order valence-electron chi connectivity index (χ0n) is 15.2. The van der Waals surface area contributed by atoms with Crippen molar-refractivity contribution in [2.24, 2.45) is 0 Å². The molecular formula is C26H20O. The first kappa shape index (κ1) is 16.9. The van der Waals surface area contributed by atoms with Crippen molar-refractivity contribution < 1.29 is 5.11 Å². The Kier molecular flexibility index (Phi) is 4.18. The van der Waals surface area contributed by atoms with Crippen LogP contribution in [0.1, 0.15) is 23.6 Å². The highest BCUT2D eigenvalue weighted by Gasteiger charge is 2.46. The van der Waals surface area contributed by atoms with Gasteiger partial charge < -0.3 is 5.11 Å². The predicted octanol–water partition coefficient (Wildman–Crippen LogP) is 5.84. The Morgan fingerprint density at radius 3 is 1.96 bits per heavy atom. The van der Waals surface area contributed by atoms with Crippen LogP contribution in [0.3, 0.4) is 0 Å². The van der Waals surface area contributed by atoms with Crippen molar-refractivity contribution in [1.29, 1.82) is 0 Å². The number of rotatable bonds is 3. The van der Waals surface area contributed by atoms with Gasteiger partial charge in [0.1, 0.15) is 5.75 Å². The Hall–Kier alpha value is -3.50. The summed E-state index contributed by atoms with van der Waals surface area (Å²) >= 11 is 0. The molecule has 1 N–H and O–H groups in total. The maximum Gasteiger partial charge on any atom is 0.115 e. The Morgan fingerprint density at radius 2 is 1.44 bits per heavy atom. The fraction of sp³-hybridized carbons (Fsp3) is 0.0769. The van der Waals surface area contributed by atoms with Crippen molar-refractivity contribution in [3.8, 4) is 29.2 Å². The molecule has 27 heavy (non-hydrogen) atoms. The van der Waals surface area contributed by atoms with Gasteiger partial charge in [-0.1, -0.05) is 72.7 Å². The molecule has 0 atom stereocenters. The molecule has 1 aliphatic rings. The quantitative estimate of drug-likeness (QED) is 0.465. The normalized spacial score (nSPS) is 14.6. The summed E-state index contributed by atoms with van der Waals surface area (Å²) in [5.74, 6) is 2.88. The molecule has 3 aromatic rings. The highest BCUT2D eigenvalue weighted by molar-refractivity contribution is 5.86. The number of fused-ring (bicyclic) bond motifs is 3. The number of benzene rings is 3. The van der Waals surface area contributed by atoms with Gasteiger partial charge >= 0.3 is 0 Å². The topological polar surface area (TPSA) is 20.2 Å². The molecule has 0 saturated carbocycles. The second-order valence-corrected chi connectivity index (χ2v) is 6.63. The maximum atomic E-state index is 9.86. The molecule has 1 nitrogen and oxygen atoms in total. The average Bonchev–Trinajstić information content (AvgIpc) is 3.01. The van der Waals surface area contributed by atoms with Gasteiger partial charge in [0.25, 0.3) is 0 Å². The number of hydrogen-bond acceptors (Lipinski definition) is 1. The van der Waals surface area contributed by atoms with E-state index in [1.54, 1.807) is 18.2 Å². The summed E-state index contributed by atoms with van der Waals surface area (Å²) in [4.78, 5) is 0. The van der Waals surface area contributed by atoms with Gasteiger partial charge in [-0.15, -0.1) is 6.42 Å². The molecule has 0 heterocycles. The maximum absolute atomic E-state index is 9.86. The van der Waals surface area contributed by atoms with E-state index in [2.05, 4.69) is 60.5 Å². The molecule has 3 aromatic carbocycles. The zero-order valence-corrected chi connectivity index (χ0v) is 15.2. The fourth-order valence-corrected chi connectivity index (χ4v) is 4.31. The van der Waals surface area contributed by atoms with E-state index in [4.69, 9.17) is 6.42 Å². The van der Waals surface area contributed by atoms with Crippen molar-refractivity contribution in [3.63, 3.8) is 0 Å². The summed E-state index contributed by atoms with van der Waals surface area (Å²) in [6.07, 6.45) is 11.4. The third-order valence-corrected chi connectivity index (χ3v) is 5.36. The summed E-state index contributed by atoms with van der Waals surface area (Å²) in [5, 5.41) is 9.86. The first-order chi connectivity index (χ1) is 13.2. The first-order valence-corrected chi connectivity index (χ1v) is 9.02. The largest absolute Gasteiger partial charge is 0.508 e. The van der Waals surface area contributed by atoms with Gasteiger partial charge in [0.05, 0.1) is 5.41 Å². The summed E-state index contributed by atoms with van der Waals surface area (Å²) in [7, 11) is 0. The number of phenols is 1. The Labute approximate surface area is 160 Å². The van der Waals surface area contributed by atoms with E-state index in [1.165, 1.54) is 22.3 Å². The van der Waals surface area contributed by atoms with Gasteiger partial charge in [-0.3, -0.25) is 0 Å². The number of hydrogen-bond donors (Lipinski definition) is 1. The fourth-order valence-electron chi connectivity index (χ4n) is 4.31. The first-order valence-electron chi connectivity index (χ1n) is 9.02. The Bertz CT molecular complexity index is 1050. The van der Waals surface area contributed by atoms with E-state index in [-0.39, 0.29) is 5.75 Å². The lowest BCUT2D eigenvalue weighted by molar-refractivity contribution is 0.475. The van der Waals surface area contributed by atoms with E-state index in [0.717, 1.165) is 11.1 Å². The van der Waals surface area contributed by atoms with Crippen molar-refractivity contribution in [1.82, 2.24) is 0 Å². The summed E-state index contributed by atoms with van der Waals surface area (Å²) in [6, 6.07) is 24.6. The number of allylic oxidation sites excluding steroid dienone is 4. The van der Waals surface area contributed by atoms with Crippen molar-refractivity contribution >= 4 is 0 Å². The number of terminal acetylenes is 1. The van der Waals surface area contributed by atoms with E-state index in [0.29, 0.717) is 0 Å². The number of aromatic hydroxyl groups is 1. The van der Waals surface area contributed by atoms with Gasteiger partial charge in [-0.2, -0.15) is 0 Å². The lowest BCUT2D eigenvalue weighted by Crippen LogP contribution is -2.29. The summed E-state index contributed by atoms with van der Waals surface area (Å²) in [5.41, 5.74) is 6.67. The molecule has 0 saturated heterocycles. The van der Waals surface area contributed by atoms with E-state index in [1.807, 2.05) is 25.1 Å². The molecule has 0 amide bonds. The van der Waals surface area contributed by atoms with Crippen LogP contribution in [0.25, 0.3) is 11.1 Å². The third kappa shape index (κ3) is 2.42. The monoisotopic (exact) mass is 348 g/mol. The van der Waals surface area contributed by atoms with Gasteiger partial charge in [-0.25, -0.2) is 0 Å². The molecule has 130 valence electrons. The van der Waals surface area contributed by atoms with Crippen LogP contribution in [0.4, 0.5) is 0 Å². The van der Waals surface area contributed by atoms with E-state index >= 15 is 0 Å². The van der Waals surface area contributed by atoms with Crippen LogP contribution < -0.4 is 0 Å². The molecule has 0 fully saturated rings. The molecule has 1 heteroatoms. The molecule has 0 aromatic heterocycles. The predicted molar refractivity (Wildman–Crippen MR) is 112 cm³/mol. The van der Waals surface area contributed by atoms with Gasteiger partial charge in [0, 0.05) is 0 Å². The van der Waals surface area contributed by atoms with Crippen LogP contribution in [-0.2, 0) is 5.41 Å². The van der Waals surface area contributed by atoms with Crippen LogP contribution in [0.15, 0.2) is 96.6 Å². The molecule has 0 bridgehead atoms. The molecule has 0 unspecified atom stereocenters. The van der Waals surface area contributed by atoms with Crippen molar-refractivity contribution in [2.75, 3.05) is 0 Å². The van der Waals surface area contributed by atoms with Crippen LogP contribution >= 0.6 is 0 Å². The second kappa shape index (κ2) is 6.67. The minimum absolute atomic E-state index is 0.259. The van der Waals surface area contributed by atoms with E-state index < -0.39 is 5.41 Å². The summed E-state index contributed by atoms with van der Waals surface area (Å²) in [6.45, 7) is 2.04. The molecule has 0 radical (unpaired) electrons. The lowest BCUT2D eigenvalue weighted by Gasteiger charge is -2.34. The molecule has 0 spiro atoms. The van der Waals surface area contributed by atoms with Gasteiger partial charge in [-0.05, 0) is 64.6 Å². The molecule has 4 rings (SSSR count). The highest BCUT2D eigenvalue weighted by atomic mass is 16.3. The Morgan fingerprint density at radius 1 is 0.889 bits per heavy atom. The molecule has 1 aliphatic carbocycles. The minimum Gasteiger partial charge on any atom is -0.508 e. The van der Waals surface area contributed by atoms with Crippen LogP contribution in [0.5, 0.6) is 5.75 Å². The van der Waals surface area contributed by atoms with Crippen LogP contribution in [-0.4, -0.2) is 5.11 Å². The van der Waals surface area contributed by atoms with Crippen molar-refractivity contribution in [3.05, 3.63) is 113 Å². The SMILES string of the molecule is C#C/C=C\C(=C/C)C1(c2ccc(O)cc2)c2ccccc2-c2ccccc21. The van der Waals surface area contributed by atoms with Crippen LogP contribution in [0.2, 0.25) is 0 Å². The smallest absolute Gasteiger partial charge is 0.115 e. The zero-order chi connectivity index (χ0) is 18.9. The minimum atomic E-state index is -0.469. The van der Waals surface area contributed by atoms with E-state index in [9.17, 15) is 5.11 Å². The molecule has 0 aliphatic heterocycles. The molecular weight excluding hydrogens is 328 g/mol. The average molecular weight is 348 g/mol. The summed E-state index contributed by atoms with van der Waals surface area (Å²) < 4.78 is 0. The van der Waals surface area contributed by atoms with Gasteiger partial charge in [0.15, 0.2) is 0 Å². The highest BCUT2D eigenvalue weighted by Crippen LogP contribution is 2.56. The standard InChI is InChI=1S/C26H20O/c1-3-5-10-19(4-2)26(20-15-17-21(27)18-16-20)24-13-8-6-11-22(24)23-12-7-9-14-25(23)26/h1,4-18,27H,2H3/b10-5-,19-4+.